The second-order valence-electron chi connectivity index (χ2n) is 7.42. The van der Waals surface area contributed by atoms with Crippen LogP contribution in [0.1, 0.15) is 63.4 Å². The van der Waals surface area contributed by atoms with Crippen LogP contribution >= 0.6 is 11.3 Å². The Morgan fingerprint density at radius 1 is 1.23 bits per heavy atom. The number of hydrogen-bond acceptors (Lipinski definition) is 4. The zero-order chi connectivity index (χ0) is 18.3. The zero-order valence-corrected chi connectivity index (χ0v) is 15.6. The number of fused-ring (bicyclic) bond motifs is 1. The summed E-state index contributed by atoms with van der Waals surface area (Å²) in [7, 11) is 0. The fraction of sp³-hybridized carbons (Fsp3) is 0.450. The van der Waals surface area contributed by atoms with Gasteiger partial charge in [0, 0.05) is 41.6 Å². The molecule has 4 rings (SSSR count). The molecule has 1 fully saturated rings. The van der Waals surface area contributed by atoms with E-state index in [-0.39, 0.29) is 28.7 Å². The van der Waals surface area contributed by atoms with Crippen LogP contribution in [0, 0.1) is 5.92 Å². The van der Waals surface area contributed by atoms with Crippen molar-refractivity contribution in [3.05, 3.63) is 55.6 Å². The van der Waals surface area contributed by atoms with Gasteiger partial charge in [0.05, 0.1) is 0 Å². The fourth-order valence-corrected chi connectivity index (χ4v) is 4.73. The quantitative estimate of drug-likeness (QED) is 0.882. The molecule has 3 heterocycles. The predicted octanol–water partition coefficient (Wildman–Crippen LogP) is 3.22. The van der Waals surface area contributed by atoms with Gasteiger partial charge in [-0.1, -0.05) is 13.0 Å². The van der Waals surface area contributed by atoms with E-state index in [9.17, 15) is 14.4 Å². The summed E-state index contributed by atoms with van der Waals surface area (Å²) in [6, 6.07) is 5.53. The van der Waals surface area contributed by atoms with Gasteiger partial charge in [0.15, 0.2) is 5.78 Å². The van der Waals surface area contributed by atoms with Crippen LogP contribution in [0.3, 0.4) is 0 Å². The molecule has 0 aromatic carbocycles. The summed E-state index contributed by atoms with van der Waals surface area (Å²) in [5.74, 6) is 0.462. The number of thiophene rings is 1. The lowest BCUT2D eigenvalue weighted by Gasteiger charge is -2.30. The Bertz CT molecular complexity index is 892. The molecule has 0 radical (unpaired) electrons. The van der Waals surface area contributed by atoms with E-state index in [0.29, 0.717) is 43.1 Å². The average molecular weight is 370 g/mol. The highest BCUT2D eigenvalue weighted by Crippen LogP contribution is 2.34. The van der Waals surface area contributed by atoms with Crippen LogP contribution in [0.15, 0.2) is 28.4 Å². The monoisotopic (exact) mass is 370 g/mol. The average Bonchev–Trinajstić information content (AvgIpc) is 3.16. The third-order valence-electron chi connectivity index (χ3n) is 5.55. The van der Waals surface area contributed by atoms with Crippen LogP contribution in [-0.4, -0.2) is 34.7 Å². The molecule has 2 aromatic rings. The molecule has 2 aromatic heterocycles. The first-order chi connectivity index (χ1) is 12.5. The topological polar surface area (TPSA) is 70.2 Å². The molecule has 136 valence electrons. The Hall–Kier alpha value is -2.21. The number of amides is 1. The smallest absolute Gasteiger partial charge is 0.261 e. The molecule has 26 heavy (non-hydrogen) atoms. The number of carbonyl (C=O) groups is 2. The molecule has 1 aliphatic heterocycles. The zero-order valence-electron chi connectivity index (χ0n) is 14.8. The molecule has 1 amide bonds. The molecule has 1 saturated heterocycles. The number of hydrogen-bond donors (Lipinski definition) is 1. The number of nitrogens with zero attached hydrogens (tertiary/aromatic N) is 1. The molecule has 0 bridgehead atoms. The van der Waals surface area contributed by atoms with Gasteiger partial charge in [0.2, 0.25) is 0 Å². The summed E-state index contributed by atoms with van der Waals surface area (Å²) >= 11 is 1.63. The van der Waals surface area contributed by atoms with Gasteiger partial charge in [-0.15, -0.1) is 11.3 Å². The number of Topliss-reactive ketones (excluding diaryl/α,β-unsaturated/α-hetero) is 1. The minimum atomic E-state index is -0.382. The van der Waals surface area contributed by atoms with Crippen molar-refractivity contribution in [1.82, 2.24) is 9.88 Å². The number of carbonyl (C=O) groups excluding carboxylic acids is 2. The number of ketones is 1. The highest BCUT2D eigenvalue weighted by Gasteiger charge is 2.30. The first-order valence-corrected chi connectivity index (χ1v) is 10.0. The fourth-order valence-electron chi connectivity index (χ4n) is 3.90. The molecular formula is C20H22N2O3S. The SMILES string of the molecule is CC1CCN(C(=O)c2cc3c([nH]c2=O)CC(c2cccs2)CC3=O)CC1. The summed E-state index contributed by atoms with van der Waals surface area (Å²) < 4.78 is 0. The van der Waals surface area contributed by atoms with Crippen molar-refractivity contribution in [2.75, 3.05) is 13.1 Å². The van der Waals surface area contributed by atoms with Crippen molar-refractivity contribution in [2.24, 2.45) is 5.92 Å². The van der Waals surface area contributed by atoms with E-state index in [4.69, 9.17) is 0 Å². The van der Waals surface area contributed by atoms with Crippen molar-refractivity contribution < 1.29 is 9.59 Å². The summed E-state index contributed by atoms with van der Waals surface area (Å²) in [6.07, 6.45) is 2.97. The lowest BCUT2D eigenvalue weighted by atomic mass is 9.84. The number of likely N-dealkylation sites (tertiary alicyclic amines) is 1. The third-order valence-corrected chi connectivity index (χ3v) is 6.59. The summed E-state index contributed by atoms with van der Waals surface area (Å²) in [4.78, 5) is 43.7. The van der Waals surface area contributed by atoms with Crippen LogP contribution in [-0.2, 0) is 6.42 Å². The van der Waals surface area contributed by atoms with Gasteiger partial charge in [-0.25, -0.2) is 0 Å². The van der Waals surface area contributed by atoms with E-state index in [1.807, 2.05) is 17.5 Å². The Balaban J connectivity index is 1.62. The molecule has 5 nitrogen and oxygen atoms in total. The number of aromatic nitrogens is 1. The van der Waals surface area contributed by atoms with Gasteiger partial charge in [-0.05, 0) is 42.7 Å². The number of piperidine rings is 1. The van der Waals surface area contributed by atoms with Gasteiger partial charge in [0.25, 0.3) is 11.5 Å². The van der Waals surface area contributed by atoms with Crippen molar-refractivity contribution in [3.8, 4) is 0 Å². The van der Waals surface area contributed by atoms with Crippen LogP contribution in [0.25, 0.3) is 0 Å². The first-order valence-electron chi connectivity index (χ1n) is 9.15. The van der Waals surface area contributed by atoms with Crippen LogP contribution in [0.2, 0.25) is 0 Å². The molecule has 1 unspecified atom stereocenters. The third kappa shape index (κ3) is 3.14. The van der Waals surface area contributed by atoms with E-state index >= 15 is 0 Å². The number of nitrogens with one attached hydrogen (secondary N) is 1. The molecule has 1 aliphatic carbocycles. The first kappa shape index (κ1) is 17.2. The van der Waals surface area contributed by atoms with Gasteiger partial charge < -0.3 is 9.88 Å². The minimum absolute atomic E-state index is 0.00205. The minimum Gasteiger partial charge on any atom is -0.338 e. The normalized spacial score (nSPS) is 20.9. The number of pyridine rings is 1. The van der Waals surface area contributed by atoms with E-state index < -0.39 is 0 Å². The number of rotatable bonds is 2. The summed E-state index contributed by atoms with van der Waals surface area (Å²) in [5.41, 5.74) is 0.882. The standard InChI is InChI=1S/C20H22N2O3S/c1-12-4-6-22(7-5-12)20(25)15-11-14-16(21-19(15)24)9-13(10-17(14)23)18-3-2-8-26-18/h2-3,8,11-13H,4-7,9-10H2,1H3,(H,21,24). The Morgan fingerprint density at radius 2 is 2.00 bits per heavy atom. The molecule has 1 N–H and O–H groups in total. The second kappa shape index (κ2) is 6.83. The van der Waals surface area contributed by atoms with Crippen molar-refractivity contribution in [1.29, 1.82) is 0 Å². The summed E-state index contributed by atoms with van der Waals surface area (Å²) in [6.45, 7) is 3.52. The van der Waals surface area contributed by atoms with Crippen LogP contribution < -0.4 is 5.56 Å². The maximum atomic E-state index is 12.8. The predicted molar refractivity (Wildman–Crippen MR) is 101 cm³/mol. The lowest BCUT2D eigenvalue weighted by molar-refractivity contribution is 0.0695. The maximum Gasteiger partial charge on any atom is 0.261 e. The van der Waals surface area contributed by atoms with E-state index in [2.05, 4.69) is 11.9 Å². The van der Waals surface area contributed by atoms with Gasteiger partial charge in [-0.3, -0.25) is 14.4 Å². The van der Waals surface area contributed by atoms with Crippen molar-refractivity contribution in [3.63, 3.8) is 0 Å². The van der Waals surface area contributed by atoms with E-state index in [0.717, 1.165) is 17.7 Å². The van der Waals surface area contributed by atoms with E-state index in [1.165, 1.54) is 6.07 Å². The molecule has 0 saturated carbocycles. The van der Waals surface area contributed by atoms with Crippen LogP contribution in [0.5, 0.6) is 0 Å². The Labute approximate surface area is 156 Å². The molecular weight excluding hydrogens is 348 g/mol. The lowest BCUT2D eigenvalue weighted by Crippen LogP contribution is -2.40. The molecule has 0 spiro atoms. The number of aromatic amines is 1. The summed E-state index contributed by atoms with van der Waals surface area (Å²) in [5, 5.41) is 2.00. The van der Waals surface area contributed by atoms with Gasteiger partial charge >= 0.3 is 0 Å². The van der Waals surface area contributed by atoms with Crippen molar-refractivity contribution >= 4 is 23.0 Å². The van der Waals surface area contributed by atoms with Gasteiger partial charge in [-0.2, -0.15) is 0 Å². The molecule has 1 atom stereocenters. The number of H-pyrrole nitrogens is 1. The van der Waals surface area contributed by atoms with Crippen LogP contribution in [0.4, 0.5) is 0 Å². The highest BCUT2D eigenvalue weighted by molar-refractivity contribution is 7.10. The van der Waals surface area contributed by atoms with Gasteiger partial charge in [0.1, 0.15) is 5.56 Å². The maximum absolute atomic E-state index is 12.8. The van der Waals surface area contributed by atoms with Crippen molar-refractivity contribution in [2.45, 2.75) is 38.5 Å². The Morgan fingerprint density at radius 3 is 2.69 bits per heavy atom. The second-order valence-corrected chi connectivity index (χ2v) is 8.40. The Kier molecular flexibility index (Phi) is 4.53. The molecule has 6 heteroatoms. The molecule has 2 aliphatic rings. The largest absolute Gasteiger partial charge is 0.338 e. The highest BCUT2D eigenvalue weighted by atomic mass is 32.1. The van der Waals surface area contributed by atoms with E-state index in [1.54, 1.807) is 16.2 Å².